The smallest absolute Gasteiger partial charge is 0.294 e. The highest BCUT2D eigenvalue weighted by Crippen LogP contribution is 2.34. The molecule has 0 saturated carbocycles. The maximum atomic E-state index is 12.9. The number of hydrogen-bond acceptors (Lipinski definition) is 9. The van der Waals surface area contributed by atoms with E-state index in [0.29, 0.717) is 61.4 Å². The number of para-hydroxylation sites is 2. The van der Waals surface area contributed by atoms with E-state index in [9.17, 15) is 19.2 Å². The summed E-state index contributed by atoms with van der Waals surface area (Å²) >= 11 is 0.770. The Morgan fingerprint density at radius 3 is 2.56 bits per heavy atom. The van der Waals surface area contributed by atoms with Crippen molar-refractivity contribution in [2.24, 2.45) is 0 Å². The van der Waals surface area contributed by atoms with Crippen LogP contribution in [-0.4, -0.2) is 85.9 Å². The van der Waals surface area contributed by atoms with E-state index in [0.717, 1.165) is 16.7 Å². The lowest BCUT2D eigenvalue weighted by molar-refractivity contribution is -0.139. The lowest BCUT2D eigenvalue weighted by Crippen LogP contribution is -2.46. The molecule has 11 nitrogen and oxygen atoms in total. The number of thioether (sulfide) groups is 1. The second-order valence-electron chi connectivity index (χ2n) is 8.44. The van der Waals surface area contributed by atoms with E-state index in [-0.39, 0.29) is 29.9 Å². The van der Waals surface area contributed by atoms with Crippen LogP contribution in [0, 0.1) is 0 Å². The molecule has 0 spiro atoms. The van der Waals surface area contributed by atoms with E-state index in [1.807, 2.05) is 13.0 Å². The zero-order valence-electron chi connectivity index (χ0n) is 21.6. The first-order chi connectivity index (χ1) is 18.9. The molecule has 0 radical (unpaired) electrons. The van der Waals surface area contributed by atoms with Gasteiger partial charge in [-0.1, -0.05) is 18.2 Å². The van der Waals surface area contributed by atoms with Gasteiger partial charge in [0.1, 0.15) is 12.3 Å². The number of rotatable bonds is 10. The summed E-state index contributed by atoms with van der Waals surface area (Å²) < 4.78 is 21.8. The Hall–Kier alpha value is -4.03. The van der Waals surface area contributed by atoms with E-state index in [1.54, 1.807) is 47.4 Å². The standard InChI is InChI=1S/C27H29N3O8S/c1-3-37-20-7-5-4-6-19(20)28-24(31)17-38-21-9-8-18(14-22(21)35-2)15-23-26(33)30(27(34)39-23)16-25(32)29-10-12-36-13-11-29/h4-9,14-15H,3,10-13,16-17H2,1-2H3,(H,28,31)/b23-15-. The fraction of sp³-hybridized carbons (Fsp3) is 0.333. The predicted octanol–water partition coefficient (Wildman–Crippen LogP) is 3.01. The Morgan fingerprint density at radius 2 is 1.82 bits per heavy atom. The minimum atomic E-state index is -0.532. The van der Waals surface area contributed by atoms with Crippen LogP contribution in [-0.2, 0) is 19.1 Å². The molecule has 0 aliphatic carbocycles. The monoisotopic (exact) mass is 555 g/mol. The number of hydrogen-bond donors (Lipinski definition) is 1. The van der Waals surface area contributed by atoms with Crippen molar-refractivity contribution >= 4 is 46.5 Å². The summed E-state index contributed by atoms with van der Waals surface area (Å²) in [6.45, 7) is 3.47. The fourth-order valence-electron chi connectivity index (χ4n) is 3.91. The minimum absolute atomic E-state index is 0.192. The zero-order valence-corrected chi connectivity index (χ0v) is 22.5. The predicted molar refractivity (Wildman–Crippen MR) is 145 cm³/mol. The molecule has 4 rings (SSSR count). The number of imide groups is 1. The topological polar surface area (TPSA) is 124 Å². The Bertz CT molecular complexity index is 1280. The summed E-state index contributed by atoms with van der Waals surface area (Å²) in [6.07, 6.45) is 1.55. The number of nitrogens with one attached hydrogen (secondary N) is 1. The Labute approximate surface area is 230 Å². The highest BCUT2D eigenvalue weighted by atomic mass is 32.2. The number of ether oxygens (including phenoxy) is 4. The Morgan fingerprint density at radius 1 is 1.05 bits per heavy atom. The normalized spacial score (nSPS) is 16.4. The first-order valence-electron chi connectivity index (χ1n) is 12.3. The van der Waals surface area contributed by atoms with Crippen molar-refractivity contribution in [1.82, 2.24) is 9.80 Å². The van der Waals surface area contributed by atoms with Gasteiger partial charge in [-0.2, -0.15) is 0 Å². The third kappa shape index (κ3) is 7.09. The number of amides is 4. The van der Waals surface area contributed by atoms with E-state index in [2.05, 4.69) is 5.32 Å². The minimum Gasteiger partial charge on any atom is -0.493 e. The number of nitrogens with zero attached hydrogens (tertiary/aromatic N) is 2. The molecular formula is C27H29N3O8S. The van der Waals surface area contributed by atoms with Crippen LogP contribution >= 0.6 is 11.8 Å². The summed E-state index contributed by atoms with van der Waals surface area (Å²) in [5, 5.41) is 2.26. The van der Waals surface area contributed by atoms with Crippen molar-refractivity contribution in [3.63, 3.8) is 0 Å². The van der Waals surface area contributed by atoms with Crippen LogP contribution in [0.2, 0.25) is 0 Å². The summed E-state index contributed by atoms with van der Waals surface area (Å²) in [5.74, 6) is 0.0178. The highest BCUT2D eigenvalue weighted by Gasteiger charge is 2.37. The maximum absolute atomic E-state index is 12.9. The van der Waals surface area contributed by atoms with Gasteiger partial charge in [-0.15, -0.1) is 0 Å². The van der Waals surface area contributed by atoms with Crippen LogP contribution in [0.5, 0.6) is 17.2 Å². The molecule has 2 aromatic rings. The molecule has 2 saturated heterocycles. The molecule has 206 valence electrons. The van der Waals surface area contributed by atoms with Gasteiger partial charge in [0.25, 0.3) is 17.1 Å². The van der Waals surface area contributed by atoms with E-state index in [4.69, 9.17) is 18.9 Å². The van der Waals surface area contributed by atoms with Gasteiger partial charge in [0.2, 0.25) is 5.91 Å². The number of carbonyl (C=O) groups is 4. The lowest BCUT2D eigenvalue weighted by Gasteiger charge is -2.28. The van der Waals surface area contributed by atoms with Gasteiger partial charge in [0, 0.05) is 13.1 Å². The van der Waals surface area contributed by atoms with E-state index < -0.39 is 11.1 Å². The molecule has 2 aromatic carbocycles. The average Bonchev–Trinajstić information content (AvgIpc) is 3.21. The average molecular weight is 556 g/mol. The van der Waals surface area contributed by atoms with Gasteiger partial charge < -0.3 is 29.2 Å². The molecule has 39 heavy (non-hydrogen) atoms. The van der Waals surface area contributed by atoms with Gasteiger partial charge in [-0.25, -0.2) is 0 Å². The molecule has 0 aromatic heterocycles. The van der Waals surface area contributed by atoms with Crippen LogP contribution in [0.1, 0.15) is 12.5 Å². The summed E-state index contributed by atoms with van der Waals surface area (Å²) in [4.78, 5) is 53.0. The maximum Gasteiger partial charge on any atom is 0.294 e. The second-order valence-corrected chi connectivity index (χ2v) is 9.43. The molecule has 0 unspecified atom stereocenters. The molecule has 12 heteroatoms. The summed E-state index contributed by atoms with van der Waals surface area (Å²) in [7, 11) is 1.45. The first kappa shape index (κ1) is 28.0. The molecule has 0 bridgehead atoms. The third-order valence-corrected chi connectivity index (χ3v) is 6.74. The van der Waals surface area contributed by atoms with Crippen molar-refractivity contribution in [2.75, 3.05) is 58.5 Å². The van der Waals surface area contributed by atoms with Gasteiger partial charge in [-0.3, -0.25) is 24.1 Å². The number of benzene rings is 2. The van der Waals surface area contributed by atoms with Crippen molar-refractivity contribution in [2.45, 2.75) is 6.92 Å². The Kier molecular flexibility index (Phi) is 9.45. The molecule has 2 aliphatic rings. The fourth-order valence-corrected chi connectivity index (χ4v) is 4.75. The summed E-state index contributed by atoms with van der Waals surface area (Å²) in [5.41, 5.74) is 1.12. The van der Waals surface area contributed by atoms with Gasteiger partial charge >= 0.3 is 0 Å². The molecule has 2 heterocycles. The number of anilines is 1. The van der Waals surface area contributed by atoms with Crippen molar-refractivity contribution < 1.29 is 38.1 Å². The third-order valence-electron chi connectivity index (χ3n) is 5.84. The van der Waals surface area contributed by atoms with Crippen LogP contribution in [0.3, 0.4) is 0 Å². The molecular weight excluding hydrogens is 526 g/mol. The van der Waals surface area contributed by atoms with Crippen LogP contribution in [0.4, 0.5) is 10.5 Å². The highest BCUT2D eigenvalue weighted by molar-refractivity contribution is 8.18. The Balaban J connectivity index is 1.38. The van der Waals surface area contributed by atoms with Crippen LogP contribution in [0.25, 0.3) is 6.08 Å². The SMILES string of the molecule is CCOc1ccccc1NC(=O)COc1ccc(/C=C2\SC(=O)N(CC(=O)N3CCOCC3)C2=O)cc1OC. The molecule has 2 aliphatic heterocycles. The van der Waals surface area contributed by atoms with Gasteiger partial charge in [0.15, 0.2) is 18.1 Å². The number of methoxy groups -OCH3 is 1. The molecule has 2 fully saturated rings. The van der Waals surface area contributed by atoms with Crippen LogP contribution in [0.15, 0.2) is 47.4 Å². The molecule has 1 N–H and O–H groups in total. The zero-order chi connectivity index (χ0) is 27.8. The van der Waals surface area contributed by atoms with Gasteiger partial charge in [0.05, 0.1) is 37.5 Å². The van der Waals surface area contributed by atoms with Crippen molar-refractivity contribution in [3.05, 3.63) is 52.9 Å². The van der Waals surface area contributed by atoms with Crippen molar-refractivity contribution in [1.29, 1.82) is 0 Å². The van der Waals surface area contributed by atoms with Crippen LogP contribution < -0.4 is 19.5 Å². The van der Waals surface area contributed by atoms with E-state index >= 15 is 0 Å². The lowest BCUT2D eigenvalue weighted by atomic mass is 10.2. The van der Waals surface area contributed by atoms with Gasteiger partial charge in [-0.05, 0) is 54.6 Å². The quantitative estimate of drug-likeness (QED) is 0.441. The largest absolute Gasteiger partial charge is 0.493 e. The van der Waals surface area contributed by atoms with E-state index in [1.165, 1.54) is 7.11 Å². The van der Waals surface area contributed by atoms with Crippen molar-refractivity contribution in [3.8, 4) is 17.2 Å². The second kappa shape index (κ2) is 13.2. The number of morpholine rings is 1. The molecule has 4 amide bonds. The summed E-state index contributed by atoms with van der Waals surface area (Å²) in [6, 6.07) is 12.0. The molecule has 0 atom stereocenters. The first-order valence-corrected chi connectivity index (χ1v) is 13.1. The number of carbonyl (C=O) groups excluding carboxylic acids is 4.